The largest absolute Gasteiger partial charge is 0.325 e. The smallest absolute Gasteiger partial charge is 0.324 e. The van der Waals surface area contributed by atoms with Crippen molar-refractivity contribution in [1.82, 2.24) is 15.2 Å². The summed E-state index contributed by atoms with van der Waals surface area (Å²) in [5.74, 6) is -0.223. The summed E-state index contributed by atoms with van der Waals surface area (Å²) in [6.45, 7) is 3.62. The van der Waals surface area contributed by atoms with Crippen LogP contribution in [0.2, 0.25) is 5.02 Å². The van der Waals surface area contributed by atoms with E-state index in [1.807, 2.05) is 6.07 Å². The molecule has 1 saturated heterocycles. The molecule has 1 aliphatic heterocycles. The van der Waals surface area contributed by atoms with Crippen LogP contribution < -0.4 is 5.32 Å². The number of carbonyl (C=O) groups excluding carboxylic acids is 2. The Bertz CT molecular complexity index is 725. The number of thiophene rings is 1. The Labute approximate surface area is 124 Å². The van der Waals surface area contributed by atoms with Crippen LogP contribution >= 0.6 is 22.9 Å². The Morgan fingerprint density at radius 1 is 1.45 bits per heavy atom. The minimum absolute atomic E-state index is 0.223. The molecule has 104 valence electrons. The minimum Gasteiger partial charge on any atom is -0.324 e. The highest BCUT2D eigenvalue weighted by atomic mass is 35.5. The second kappa shape index (κ2) is 4.43. The second-order valence-corrected chi connectivity index (χ2v) is 6.71. The van der Waals surface area contributed by atoms with Crippen LogP contribution in [0.25, 0.3) is 10.2 Å². The molecular weight excluding hydrogens is 298 g/mol. The molecule has 2 aromatic rings. The topological polar surface area (TPSA) is 62.3 Å². The molecule has 3 heterocycles. The Morgan fingerprint density at radius 3 is 2.80 bits per heavy atom. The predicted octanol–water partition coefficient (Wildman–Crippen LogP) is 2.78. The third kappa shape index (κ3) is 2.05. The first kappa shape index (κ1) is 13.3. The van der Waals surface area contributed by atoms with Crippen LogP contribution in [0.4, 0.5) is 4.79 Å². The number of pyridine rings is 1. The molecule has 0 aliphatic carbocycles. The van der Waals surface area contributed by atoms with Crippen LogP contribution in [0.3, 0.4) is 0 Å². The molecular formula is C13H12ClN3O2S. The minimum atomic E-state index is -0.844. The van der Waals surface area contributed by atoms with Crippen molar-refractivity contribution in [1.29, 1.82) is 0 Å². The van der Waals surface area contributed by atoms with Crippen molar-refractivity contribution in [2.24, 2.45) is 0 Å². The number of nitrogens with one attached hydrogen (secondary N) is 1. The molecule has 3 rings (SSSR count). The first-order valence-corrected chi connectivity index (χ1v) is 7.25. The van der Waals surface area contributed by atoms with Gasteiger partial charge in [-0.25, -0.2) is 4.79 Å². The van der Waals surface area contributed by atoms with Crippen LogP contribution in [-0.2, 0) is 11.3 Å². The molecule has 1 aliphatic rings. The maximum absolute atomic E-state index is 12.1. The maximum Gasteiger partial charge on any atom is 0.325 e. The quantitative estimate of drug-likeness (QED) is 0.868. The summed E-state index contributed by atoms with van der Waals surface area (Å²) in [5, 5.41) is 3.29. The number of rotatable bonds is 2. The van der Waals surface area contributed by atoms with Gasteiger partial charge in [-0.05, 0) is 26.0 Å². The molecule has 0 aromatic carbocycles. The van der Waals surface area contributed by atoms with Gasteiger partial charge in [0.2, 0.25) is 0 Å². The first-order valence-electron chi connectivity index (χ1n) is 6.05. The van der Waals surface area contributed by atoms with E-state index in [1.165, 1.54) is 16.2 Å². The Morgan fingerprint density at radius 2 is 2.20 bits per heavy atom. The van der Waals surface area contributed by atoms with Gasteiger partial charge in [0.15, 0.2) is 0 Å². The van der Waals surface area contributed by atoms with Crippen molar-refractivity contribution in [2.45, 2.75) is 25.9 Å². The zero-order valence-corrected chi connectivity index (χ0v) is 12.5. The van der Waals surface area contributed by atoms with Gasteiger partial charge in [-0.1, -0.05) is 11.6 Å². The Kier molecular flexibility index (Phi) is 2.95. The first-order chi connectivity index (χ1) is 9.38. The molecule has 0 atom stereocenters. The van der Waals surface area contributed by atoms with Gasteiger partial charge in [0.05, 0.1) is 21.8 Å². The Hall–Kier alpha value is -1.66. The number of nitrogens with zero attached hydrogens (tertiary/aromatic N) is 2. The lowest BCUT2D eigenvalue weighted by molar-refractivity contribution is -0.130. The number of aromatic nitrogens is 1. The van der Waals surface area contributed by atoms with Crippen LogP contribution in [0.15, 0.2) is 18.3 Å². The fraction of sp³-hybridized carbons (Fsp3) is 0.308. The molecule has 1 fully saturated rings. The van der Waals surface area contributed by atoms with Crippen molar-refractivity contribution in [3.63, 3.8) is 0 Å². The van der Waals surface area contributed by atoms with Crippen molar-refractivity contribution in [3.05, 3.63) is 28.2 Å². The average molecular weight is 310 g/mol. The van der Waals surface area contributed by atoms with E-state index in [2.05, 4.69) is 10.3 Å². The van der Waals surface area contributed by atoms with Crippen LogP contribution in [0.1, 0.15) is 18.7 Å². The highest BCUT2D eigenvalue weighted by Crippen LogP contribution is 2.31. The van der Waals surface area contributed by atoms with E-state index in [9.17, 15) is 9.59 Å². The number of amides is 3. The van der Waals surface area contributed by atoms with E-state index < -0.39 is 5.54 Å². The fourth-order valence-electron chi connectivity index (χ4n) is 2.15. The lowest BCUT2D eigenvalue weighted by atomic mass is 10.1. The van der Waals surface area contributed by atoms with Gasteiger partial charge < -0.3 is 5.32 Å². The fourth-order valence-corrected chi connectivity index (χ4v) is 3.43. The third-order valence-corrected chi connectivity index (χ3v) is 4.74. The molecule has 0 saturated carbocycles. The highest BCUT2D eigenvalue weighted by molar-refractivity contribution is 7.19. The zero-order chi connectivity index (χ0) is 14.5. The second-order valence-electron chi connectivity index (χ2n) is 5.17. The monoisotopic (exact) mass is 309 g/mol. The van der Waals surface area contributed by atoms with E-state index >= 15 is 0 Å². The number of halogens is 1. The van der Waals surface area contributed by atoms with Crippen molar-refractivity contribution in [3.8, 4) is 0 Å². The van der Waals surface area contributed by atoms with Crippen LogP contribution in [0, 0.1) is 0 Å². The Balaban J connectivity index is 1.92. The normalized spacial score (nSPS) is 17.9. The van der Waals surface area contributed by atoms with E-state index in [-0.39, 0.29) is 18.5 Å². The van der Waals surface area contributed by atoms with E-state index in [1.54, 1.807) is 26.1 Å². The van der Waals surface area contributed by atoms with Crippen molar-refractivity contribution < 1.29 is 9.59 Å². The molecule has 0 spiro atoms. The average Bonchev–Trinajstić information content (AvgIpc) is 2.85. The molecule has 2 aromatic heterocycles. The van der Waals surface area contributed by atoms with Gasteiger partial charge >= 0.3 is 6.03 Å². The zero-order valence-electron chi connectivity index (χ0n) is 10.9. The van der Waals surface area contributed by atoms with Gasteiger partial charge in [0, 0.05) is 11.1 Å². The lowest BCUT2D eigenvalue weighted by Gasteiger charge is -2.15. The van der Waals surface area contributed by atoms with Gasteiger partial charge in [-0.15, -0.1) is 11.3 Å². The maximum atomic E-state index is 12.1. The highest BCUT2D eigenvalue weighted by Gasteiger charge is 2.44. The molecule has 0 radical (unpaired) electrons. The molecule has 7 heteroatoms. The van der Waals surface area contributed by atoms with Crippen LogP contribution in [-0.4, -0.2) is 27.4 Å². The standard InChI is InChI=1S/C13H12ClN3O2S/c1-13(2)11(18)17(12(19)16-13)6-7-5-9-10(20-7)8(14)3-4-15-9/h3-5H,6H2,1-2H3,(H,16,19). The number of hydrogen-bond donors (Lipinski definition) is 1. The molecule has 1 N–H and O–H groups in total. The lowest BCUT2D eigenvalue weighted by Crippen LogP contribution is -2.40. The van der Waals surface area contributed by atoms with Gasteiger partial charge in [0.1, 0.15) is 5.54 Å². The number of urea groups is 1. The summed E-state index contributed by atoms with van der Waals surface area (Å²) < 4.78 is 0.871. The summed E-state index contributed by atoms with van der Waals surface area (Å²) in [6, 6.07) is 3.22. The van der Waals surface area contributed by atoms with E-state index in [0.717, 1.165) is 15.1 Å². The van der Waals surface area contributed by atoms with Crippen molar-refractivity contribution in [2.75, 3.05) is 0 Å². The van der Waals surface area contributed by atoms with Crippen LogP contribution in [0.5, 0.6) is 0 Å². The van der Waals surface area contributed by atoms with E-state index in [0.29, 0.717) is 5.02 Å². The van der Waals surface area contributed by atoms with E-state index in [4.69, 9.17) is 11.6 Å². The summed E-state index contributed by atoms with van der Waals surface area (Å²) in [5.41, 5.74) is -0.0623. The number of hydrogen-bond acceptors (Lipinski definition) is 4. The van der Waals surface area contributed by atoms with Gasteiger partial charge in [-0.2, -0.15) is 0 Å². The number of carbonyl (C=O) groups is 2. The molecule has 3 amide bonds. The third-order valence-electron chi connectivity index (χ3n) is 3.17. The van der Waals surface area contributed by atoms with Gasteiger partial charge in [0.25, 0.3) is 5.91 Å². The predicted molar refractivity (Wildman–Crippen MR) is 77.8 cm³/mol. The molecule has 5 nitrogen and oxygen atoms in total. The SMILES string of the molecule is CC1(C)NC(=O)N(Cc2cc3nccc(Cl)c3s2)C1=O. The van der Waals surface area contributed by atoms with Gasteiger partial charge in [-0.3, -0.25) is 14.7 Å². The number of imide groups is 1. The molecule has 20 heavy (non-hydrogen) atoms. The summed E-state index contributed by atoms with van der Waals surface area (Å²) >= 11 is 7.55. The number of fused-ring (bicyclic) bond motifs is 1. The molecule has 0 unspecified atom stereocenters. The summed E-state index contributed by atoms with van der Waals surface area (Å²) in [7, 11) is 0. The van der Waals surface area contributed by atoms with Crippen molar-refractivity contribution >= 4 is 45.1 Å². The summed E-state index contributed by atoms with van der Waals surface area (Å²) in [4.78, 5) is 30.3. The summed E-state index contributed by atoms with van der Waals surface area (Å²) in [6.07, 6.45) is 1.64. The molecule has 0 bridgehead atoms.